The van der Waals surface area contributed by atoms with Crippen LogP contribution in [0.2, 0.25) is 0 Å². The Kier molecular flexibility index (Phi) is 14.7. The van der Waals surface area contributed by atoms with Crippen molar-refractivity contribution in [3.05, 3.63) is 35.9 Å². The molecule has 2 aliphatic heterocycles. The fraction of sp³-hybridized carbons (Fsp3) is 0.618. The lowest BCUT2D eigenvalue weighted by molar-refractivity contribution is -0.199. The highest BCUT2D eigenvalue weighted by molar-refractivity contribution is 6.02. The van der Waals surface area contributed by atoms with Crippen molar-refractivity contribution in [2.24, 2.45) is 23.3 Å². The summed E-state index contributed by atoms with van der Waals surface area (Å²) in [4.78, 5) is 97.5. The molecule has 6 amide bonds. The van der Waals surface area contributed by atoms with Crippen LogP contribution in [0.3, 0.4) is 0 Å². The van der Waals surface area contributed by atoms with Crippen molar-refractivity contribution < 1.29 is 38.4 Å². The van der Waals surface area contributed by atoms with Crippen molar-refractivity contribution in [1.29, 1.82) is 0 Å². The van der Waals surface area contributed by atoms with Gasteiger partial charge in [-0.15, -0.1) is 5.06 Å². The zero-order valence-corrected chi connectivity index (χ0v) is 28.8. The minimum absolute atomic E-state index is 0.0784. The van der Waals surface area contributed by atoms with E-state index in [-0.39, 0.29) is 44.1 Å². The number of hydroxylamine groups is 2. The summed E-state index contributed by atoms with van der Waals surface area (Å²) < 4.78 is 0. The largest absolute Gasteiger partial charge is 0.355 e. The number of benzene rings is 1. The second kappa shape index (κ2) is 18.4. The Balaban J connectivity index is 1.68. The highest BCUT2D eigenvalue weighted by Crippen LogP contribution is 2.20. The van der Waals surface area contributed by atoms with Crippen LogP contribution in [0.15, 0.2) is 30.3 Å². The lowest BCUT2D eigenvalue weighted by atomic mass is 10.0. The molecule has 15 heteroatoms. The molecule has 0 unspecified atom stereocenters. The molecule has 49 heavy (non-hydrogen) atoms. The van der Waals surface area contributed by atoms with E-state index < -0.39 is 71.6 Å². The number of carbonyl (C=O) groups is 7. The predicted molar refractivity (Wildman–Crippen MR) is 178 cm³/mol. The molecule has 7 N–H and O–H groups in total. The Labute approximate surface area is 287 Å². The molecule has 0 spiro atoms. The molecule has 1 aromatic carbocycles. The van der Waals surface area contributed by atoms with E-state index in [4.69, 9.17) is 16.3 Å². The number of nitrogens with two attached hydrogens (primary N) is 2. The second-order valence-corrected chi connectivity index (χ2v) is 13.4. The maximum absolute atomic E-state index is 13.6. The molecule has 2 heterocycles. The predicted octanol–water partition coefficient (Wildman–Crippen LogP) is 0.0500. The summed E-state index contributed by atoms with van der Waals surface area (Å²) in [5.74, 6) is -4.95. The van der Waals surface area contributed by atoms with Gasteiger partial charge >= 0.3 is 5.97 Å². The highest BCUT2D eigenvalue weighted by atomic mass is 16.7. The fourth-order valence-electron chi connectivity index (χ4n) is 5.88. The SMILES string of the molecule is CC(C)C[C@H](NC(=O)[C@H](CCCN)NC(=O)[C@@H](NC(=O)[C@@H]1CCCN1C(=O)[C@@H](N)Cc1ccccc1)C(C)C)C(=O)ON1C(=O)CCC1=O. The highest BCUT2D eigenvalue weighted by Gasteiger charge is 2.39. The normalized spacial score (nSPS) is 18.7. The Bertz CT molecular complexity index is 1340. The van der Waals surface area contributed by atoms with Gasteiger partial charge in [0.05, 0.1) is 6.04 Å². The number of nitrogens with zero attached hydrogens (tertiary/aromatic N) is 2. The molecule has 3 rings (SSSR count). The zero-order chi connectivity index (χ0) is 36.2. The van der Waals surface area contributed by atoms with Crippen molar-refractivity contribution in [1.82, 2.24) is 25.9 Å². The number of hydrogen-bond donors (Lipinski definition) is 5. The third-order valence-corrected chi connectivity index (χ3v) is 8.53. The molecule has 270 valence electrons. The Hall–Kier alpha value is -4.37. The number of rotatable bonds is 17. The molecule has 0 aromatic heterocycles. The molecule has 0 aliphatic carbocycles. The lowest BCUT2D eigenvalue weighted by Gasteiger charge is -2.30. The molecule has 0 saturated carbocycles. The van der Waals surface area contributed by atoms with Gasteiger partial charge in [0, 0.05) is 19.4 Å². The van der Waals surface area contributed by atoms with E-state index in [2.05, 4.69) is 16.0 Å². The minimum atomic E-state index is -1.22. The molecule has 2 fully saturated rings. The van der Waals surface area contributed by atoms with Crippen LogP contribution in [-0.4, -0.2) is 94.7 Å². The van der Waals surface area contributed by atoms with Crippen LogP contribution in [0.5, 0.6) is 0 Å². The van der Waals surface area contributed by atoms with Gasteiger partial charge in [-0.05, 0) is 62.5 Å². The van der Waals surface area contributed by atoms with Crippen molar-refractivity contribution in [3.63, 3.8) is 0 Å². The first-order valence-corrected chi connectivity index (χ1v) is 17.0. The second-order valence-electron chi connectivity index (χ2n) is 13.4. The molecule has 0 radical (unpaired) electrons. The van der Waals surface area contributed by atoms with Gasteiger partial charge in [0.15, 0.2) is 0 Å². The van der Waals surface area contributed by atoms with Gasteiger partial charge in [0.1, 0.15) is 24.2 Å². The van der Waals surface area contributed by atoms with E-state index in [1.165, 1.54) is 4.90 Å². The smallest absolute Gasteiger partial charge is 0.343 e. The van der Waals surface area contributed by atoms with Gasteiger partial charge in [0.2, 0.25) is 23.6 Å². The van der Waals surface area contributed by atoms with Crippen LogP contribution < -0.4 is 27.4 Å². The lowest BCUT2D eigenvalue weighted by Crippen LogP contribution is -2.59. The number of likely N-dealkylation sites (tertiary alicyclic amines) is 1. The molecule has 2 saturated heterocycles. The van der Waals surface area contributed by atoms with Crippen molar-refractivity contribution in [3.8, 4) is 0 Å². The van der Waals surface area contributed by atoms with Gasteiger partial charge in [-0.2, -0.15) is 0 Å². The Morgan fingerprint density at radius 1 is 0.918 bits per heavy atom. The molecule has 2 aliphatic rings. The fourth-order valence-corrected chi connectivity index (χ4v) is 5.88. The molecular weight excluding hydrogens is 634 g/mol. The van der Waals surface area contributed by atoms with Crippen molar-refractivity contribution >= 4 is 41.4 Å². The number of carbonyl (C=O) groups excluding carboxylic acids is 7. The first kappa shape index (κ1) is 39.1. The number of nitrogens with one attached hydrogen (secondary N) is 3. The van der Waals surface area contributed by atoms with Crippen molar-refractivity contribution in [2.45, 2.75) is 109 Å². The third-order valence-electron chi connectivity index (χ3n) is 8.53. The van der Waals surface area contributed by atoms with Crippen LogP contribution in [0, 0.1) is 11.8 Å². The van der Waals surface area contributed by atoms with Gasteiger partial charge in [-0.3, -0.25) is 28.8 Å². The summed E-state index contributed by atoms with van der Waals surface area (Å²) in [6.45, 7) is 7.69. The first-order chi connectivity index (χ1) is 23.2. The summed E-state index contributed by atoms with van der Waals surface area (Å²) in [5, 5.41) is 8.50. The summed E-state index contributed by atoms with van der Waals surface area (Å²) in [6.07, 6.45) is 1.79. The average molecular weight is 686 g/mol. The van der Waals surface area contributed by atoms with E-state index in [1.54, 1.807) is 13.8 Å². The molecule has 15 nitrogen and oxygen atoms in total. The molecule has 0 bridgehead atoms. The summed E-state index contributed by atoms with van der Waals surface area (Å²) >= 11 is 0. The van der Waals surface area contributed by atoms with E-state index in [0.29, 0.717) is 37.3 Å². The van der Waals surface area contributed by atoms with Crippen LogP contribution in [0.1, 0.15) is 78.2 Å². The summed E-state index contributed by atoms with van der Waals surface area (Å²) in [6, 6.07) is 4.30. The molecule has 5 atom stereocenters. The number of amides is 6. The van der Waals surface area contributed by atoms with E-state index in [0.717, 1.165) is 5.56 Å². The average Bonchev–Trinajstić information content (AvgIpc) is 3.67. The van der Waals surface area contributed by atoms with Gasteiger partial charge in [-0.1, -0.05) is 58.0 Å². The van der Waals surface area contributed by atoms with Crippen molar-refractivity contribution in [2.75, 3.05) is 13.1 Å². The van der Waals surface area contributed by atoms with E-state index >= 15 is 0 Å². The van der Waals surface area contributed by atoms with E-state index in [1.807, 2.05) is 44.2 Å². The Morgan fingerprint density at radius 3 is 2.14 bits per heavy atom. The third kappa shape index (κ3) is 11.1. The maximum Gasteiger partial charge on any atom is 0.355 e. The zero-order valence-electron chi connectivity index (χ0n) is 28.8. The molecular formula is C34H51N7O8. The summed E-state index contributed by atoms with van der Waals surface area (Å²) in [7, 11) is 0. The Morgan fingerprint density at radius 2 is 1.55 bits per heavy atom. The standard InChI is InChI=1S/C34H51N7O8/c1-20(2)18-25(34(48)49-41-27(42)14-15-28(41)43)38-30(44)24(12-8-16-35)37-32(46)29(21(3)4)39-31(45)26-13-9-17-40(26)33(47)23(36)19-22-10-6-5-7-11-22/h5-7,10-11,20-21,23-26,29H,8-9,12-19,35-36H2,1-4H3,(H,37,46)(H,38,44)(H,39,45)/t23-,24-,25-,26-,29-/m0/s1. The quantitative estimate of drug-likeness (QED) is 0.139. The van der Waals surface area contributed by atoms with Gasteiger partial charge in [0.25, 0.3) is 11.8 Å². The van der Waals surface area contributed by atoms with Gasteiger partial charge < -0.3 is 37.2 Å². The first-order valence-electron chi connectivity index (χ1n) is 17.0. The summed E-state index contributed by atoms with van der Waals surface area (Å²) in [5.41, 5.74) is 12.8. The van der Waals surface area contributed by atoms with Crippen LogP contribution in [0.25, 0.3) is 0 Å². The topological polar surface area (TPSA) is 223 Å². The van der Waals surface area contributed by atoms with E-state index in [9.17, 15) is 33.6 Å². The van der Waals surface area contributed by atoms with Crippen LogP contribution in [-0.2, 0) is 44.8 Å². The molecule has 1 aromatic rings. The number of hydrogen-bond acceptors (Lipinski definition) is 10. The van der Waals surface area contributed by atoms with Crippen LogP contribution >= 0.6 is 0 Å². The number of imide groups is 1. The van der Waals surface area contributed by atoms with Gasteiger partial charge in [-0.25, -0.2) is 4.79 Å². The maximum atomic E-state index is 13.6. The van der Waals surface area contributed by atoms with Crippen LogP contribution in [0.4, 0.5) is 0 Å². The minimum Gasteiger partial charge on any atom is -0.343 e. The monoisotopic (exact) mass is 685 g/mol.